The second-order valence-electron chi connectivity index (χ2n) is 5.28. The van der Waals surface area contributed by atoms with Gasteiger partial charge in [0.15, 0.2) is 17.1 Å². The lowest BCUT2D eigenvalue weighted by Crippen LogP contribution is -1.95. The molecule has 0 unspecified atom stereocenters. The lowest BCUT2D eigenvalue weighted by molar-refractivity contribution is 0.355. The standard InChI is InChI=1S/C17H19N3O2/c1-10-7-13(18)17-19-16(11(2)20(17)9-10)12-5-6-14(21-3)15(8-12)22-4/h5-9H,18H2,1-4H3. The van der Waals surface area contributed by atoms with E-state index in [1.54, 1.807) is 14.2 Å². The number of benzene rings is 1. The van der Waals surface area contributed by atoms with E-state index < -0.39 is 0 Å². The number of nitrogen functional groups attached to an aromatic ring is 1. The first-order valence-electron chi connectivity index (χ1n) is 7.02. The van der Waals surface area contributed by atoms with Gasteiger partial charge in [-0.1, -0.05) is 0 Å². The average Bonchev–Trinajstić information content (AvgIpc) is 2.84. The molecule has 0 radical (unpaired) electrons. The van der Waals surface area contributed by atoms with Crippen molar-refractivity contribution in [3.8, 4) is 22.8 Å². The molecule has 0 aliphatic heterocycles. The van der Waals surface area contributed by atoms with Crippen molar-refractivity contribution < 1.29 is 9.47 Å². The summed E-state index contributed by atoms with van der Waals surface area (Å²) in [5.74, 6) is 1.38. The van der Waals surface area contributed by atoms with Crippen LogP contribution in [0.1, 0.15) is 11.3 Å². The first-order chi connectivity index (χ1) is 10.5. The fourth-order valence-corrected chi connectivity index (χ4v) is 2.68. The number of ether oxygens (including phenoxy) is 2. The van der Waals surface area contributed by atoms with Crippen molar-refractivity contribution in [1.29, 1.82) is 0 Å². The number of pyridine rings is 1. The van der Waals surface area contributed by atoms with Gasteiger partial charge in [-0.05, 0) is 43.7 Å². The van der Waals surface area contributed by atoms with Gasteiger partial charge in [0.25, 0.3) is 0 Å². The van der Waals surface area contributed by atoms with Crippen molar-refractivity contribution in [3.05, 3.63) is 41.7 Å². The first-order valence-corrected chi connectivity index (χ1v) is 7.02. The average molecular weight is 297 g/mol. The molecule has 0 saturated carbocycles. The van der Waals surface area contributed by atoms with Crippen molar-refractivity contribution in [2.45, 2.75) is 13.8 Å². The summed E-state index contributed by atoms with van der Waals surface area (Å²) in [7, 11) is 3.25. The Labute approximate surface area is 129 Å². The smallest absolute Gasteiger partial charge is 0.161 e. The van der Waals surface area contributed by atoms with Gasteiger partial charge in [-0.15, -0.1) is 0 Å². The van der Waals surface area contributed by atoms with Gasteiger partial charge in [-0.2, -0.15) is 0 Å². The third-order valence-corrected chi connectivity index (χ3v) is 3.78. The Balaban J connectivity index is 2.22. The zero-order chi connectivity index (χ0) is 15.9. The van der Waals surface area contributed by atoms with Crippen LogP contribution in [0.25, 0.3) is 16.9 Å². The van der Waals surface area contributed by atoms with Crippen LogP contribution in [0, 0.1) is 13.8 Å². The molecule has 1 aromatic carbocycles. The molecule has 0 bridgehead atoms. The number of rotatable bonds is 3. The number of hydrogen-bond donors (Lipinski definition) is 1. The van der Waals surface area contributed by atoms with Crippen molar-refractivity contribution in [2.75, 3.05) is 20.0 Å². The van der Waals surface area contributed by atoms with E-state index >= 15 is 0 Å². The fraction of sp³-hybridized carbons (Fsp3) is 0.235. The number of nitrogens with zero attached hydrogens (tertiary/aromatic N) is 2. The van der Waals surface area contributed by atoms with E-state index in [-0.39, 0.29) is 0 Å². The van der Waals surface area contributed by atoms with Gasteiger partial charge in [-0.25, -0.2) is 4.98 Å². The Morgan fingerprint density at radius 3 is 2.45 bits per heavy atom. The quantitative estimate of drug-likeness (QED) is 0.806. The van der Waals surface area contributed by atoms with Gasteiger partial charge in [0, 0.05) is 17.5 Å². The molecule has 2 aromatic heterocycles. The maximum atomic E-state index is 6.09. The second-order valence-corrected chi connectivity index (χ2v) is 5.28. The van der Waals surface area contributed by atoms with Gasteiger partial charge in [0.1, 0.15) is 0 Å². The van der Waals surface area contributed by atoms with E-state index in [0.717, 1.165) is 28.2 Å². The molecule has 5 heteroatoms. The predicted octanol–water partition coefficient (Wildman–Crippen LogP) is 3.22. The van der Waals surface area contributed by atoms with Crippen LogP contribution in [-0.4, -0.2) is 23.6 Å². The molecule has 3 rings (SSSR count). The predicted molar refractivity (Wildman–Crippen MR) is 87.6 cm³/mol. The van der Waals surface area contributed by atoms with Crippen LogP contribution in [0.3, 0.4) is 0 Å². The normalized spacial score (nSPS) is 10.9. The molecule has 0 saturated heterocycles. The topological polar surface area (TPSA) is 61.8 Å². The molecule has 2 heterocycles. The summed E-state index contributed by atoms with van der Waals surface area (Å²) in [5, 5.41) is 0. The molecular formula is C17H19N3O2. The van der Waals surface area contributed by atoms with E-state index in [1.807, 2.05) is 48.7 Å². The highest BCUT2D eigenvalue weighted by molar-refractivity contribution is 5.75. The van der Waals surface area contributed by atoms with Gasteiger partial charge in [0.2, 0.25) is 0 Å². The number of aryl methyl sites for hydroxylation is 2. The molecule has 0 fully saturated rings. The van der Waals surface area contributed by atoms with Crippen LogP contribution in [0.2, 0.25) is 0 Å². The summed E-state index contributed by atoms with van der Waals surface area (Å²) < 4.78 is 12.7. The number of imidazole rings is 1. The molecule has 2 N–H and O–H groups in total. The maximum Gasteiger partial charge on any atom is 0.161 e. The zero-order valence-corrected chi connectivity index (χ0v) is 13.2. The molecule has 22 heavy (non-hydrogen) atoms. The first kappa shape index (κ1) is 14.3. The van der Waals surface area contributed by atoms with Crippen molar-refractivity contribution in [1.82, 2.24) is 9.38 Å². The van der Waals surface area contributed by atoms with Gasteiger partial charge < -0.3 is 19.6 Å². The number of aromatic nitrogens is 2. The Kier molecular flexibility index (Phi) is 3.41. The molecule has 3 aromatic rings. The van der Waals surface area contributed by atoms with E-state index in [4.69, 9.17) is 20.2 Å². The van der Waals surface area contributed by atoms with Crippen LogP contribution < -0.4 is 15.2 Å². The molecule has 114 valence electrons. The molecule has 5 nitrogen and oxygen atoms in total. The van der Waals surface area contributed by atoms with Gasteiger partial charge in [0.05, 0.1) is 25.6 Å². The van der Waals surface area contributed by atoms with Crippen LogP contribution in [0.15, 0.2) is 30.5 Å². The minimum atomic E-state index is 0.676. The van der Waals surface area contributed by atoms with E-state index in [0.29, 0.717) is 17.2 Å². The molecule has 0 amide bonds. The van der Waals surface area contributed by atoms with Gasteiger partial charge in [-0.3, -0.25) is 0 Å². The highest BCUT2D eigenvalue weighted by Crippen LogP contribution is 2.34. The molecule has 0 aliphatic rings. The number of fused-ring (bicyclic) bond motifs is 1. The number of nitrogens with two attached hydrogens (primary N) is 1. The third-order valence-electron chi connectivity index (χ3n) is 3.78. The molecule has 0 aliphatic carbocycles. The third kappa shape index (κ3) is 2.15. The lowest BCUT2D eigenvalue weighted by atomic mass is 10.1. The number of methoxy groups -OCH3 is 2. The monoisotopic (exact) mass is 297 g/mol. The van der Waals surface area contributed by atoms with Crippen molar-refractivity contribution >= 4 is 11.3 Å². The Morgan fingerprint density at radius 2 is 1.77 bits per heavy atom. The molecule has 0 atom stereocenters. The fourth-order valence-electron chi connectivity index (χ4n) is 2.68. The number of hydrogen-bond acceptors (Lipinski definition) is 4. The van der Waals surface area contributed by atoms with Crippen molar-refractivity contribution in [2.24, 2.45) is 0 Å². The van der Waals surface area contributed by atoms with Crippen LogP contribution >= 0.6 is 0 Å². The highest BCUT2D eigenvalue weighted by Gasteiger charge is 2.14. The second kappa shape index (κ2) is 5.26. The SMILES string of the molecule is COc1ccc(-c2nc3c(N)cc(C)cn3c2C)cc1OC. The lowest BCUT2D eigenvalue weighted by Gasteiger charge is -2.09. The van der Waals surface area contributed by atoms with Gasteiger partial charge >= 0.3 is 0 Å². The Hall–Kier alpha value is -2.69. The Morgan fingerprint density at radius 1 is 1.05 bits per heavy atom. The van der Waals surface area contributed by atoms with E-state index in [2.05, 4.69) is 0 Å². The van der Waals surface area contributed by atoms with Crippen LogP contribution in [0.4, 0.5) is 5.69 Å². The highest BCUT2D eigenvalue weighted by atomic mass is 16.5. The minimum Gasteiger partial charge on any atom is -0.493 e. The summed E-state index contributed by atoms with van der Waals surface area (Å²) in [4.78, 5) is 4.70. The maximum absolute atomic E-state index is 6.09. The Bertz CT molecular complexity index is 853. The molecule has 0 spiro atoms. The summed E-state index contributed by atoms with van der Waals surface area (Å²) >= 11 is 0. The summed E-state index contributed by atoms with van der Waals surface area (Å²) in [6.45, 7) is 4.05. The largest absolute Gasteiger partial charge is 0.493 e. The molecular weight excluding hydrogens is 278 g/mol. The summed E-state index contributed by atoms with van der Waals surface area (Å²) in [6, 6.07) is 7.71. The van der Waals surface area contributed by atoms with E-state index in [9.17, 15) is 0 Å². The van der Waals surface area contributed by atoms with E-state index in [1.165, 1.54) is 0 Å². The summed E-state index contributed by atoms with van der Waals surface area (Å²) in [6.07, 6.45) is 2.04. The van der Waals surface area contributed by atoms with Crippen LogP contribution in [-0.2, 0) is 0 Å². The minimum absolute atomic E-state index is 0.676. The summed E-state index contributed by atoms with van der Waals surface area (Å²) in [5.41, 5.74) is 11.5. The van der Waals surface area contributed by atoms with Crippen molar-refractivity contribution in [3.63, 3.8) is 0 Å². The zero-order valence-electron chi connectivity index (χ0n) is 13.2. The number of anilines is 1. The van der Waals surface area contributed by atoms with Crippen LogP contribution in [0.5, 0.6) is 11.5 Å².